The molecule has 0 spiro atoms. The molecule has 1 fully saturated rings. The highest BCUT2D eigenvalue weighted by molar-refractivity contribution is 7.86. The van der Waals surface area contributed by atoms with E-state index in [0.29, 0.717) is 13.1 Å². The van der Waals surface area contributed by atoms with Crippen LogP contribution in [-0.4, -0.2) is 53.4 Å². The van der Waals surface area contributed by atoms with Crippen LogP contribution in [0.4, 0.5) is 4.39 Å². The fraction of sp³-hybridized carbons (Fsp3) is 0.571. The highest BCUT2D eigenvalue weighted by Crippen LogP contribution is 2.22. The summed E-state index contributed by atoms with van der Waals surface area (Å²) < 4.78 is 41.7. The summed E-state index contributed by atoms with van der Waals surface area (Å²) in [6.07, 6.45) is 6.58. The number of aromatic nitrogens is 2. The Morgan fingerprint density at radius 3 is 2.69 bits per heavy atom. The maximum atomic E-state index is 13.0. The smallest absolute Gasteiger partial charge is 0.281 e. The van der Waals surface area contributed by atoms with Crippen LogP contribution in [0.25, 0.3) is 11.3 Å². The molecule has 1 aromatic carbocycles. The minimum Gasteiger partial charge on any atom is -0.282 e. The van der Waals surface area contributed by atoms with Crippen molar-refractivity contribution in [2.24, 2.45) is 0 Å². The molecule has 1 aromatic heterocycles. The number of piperidine rings is 1. The number of benzene rings is 1. The standard InChI is InChI=1S/C21H31FN4O2S/c1-17-8-5-7-15-26(17)29(27,28)25(2)14-6-3-4-9-20-16-21(24-23-20)18-10-12-19(22)13-11-18/h10-13,16-17H,3-9,14-15H2,1-2H3,(H,23,24)/t17-/m1/s1. The predicted molar refractivity (Wildman–Crippen MR) is 113 cm³/mol. The lowest BCUT2D eigenvalue weighted by molar-refractivity contribution is 0.249. The lowest BCUT2D eigenvalue weighted by atomic mass is 10.1. The summed E-state index contributed by atoms with van der Waals surface area (Å²) in [6.45, 7) is 3.16. The lowest BCUT2D eigenvalue weighted by Gasteiger charge is -2.35. The molecule has 160 valence electrons. The summed E-state index contributed by atoms with van der Waals surface area (Å²) in [6, 6.07) is 8.37. The van der Waals surface area contributed by atoms with Gasteiger partial charge < -0.3 is 0 Å². The van der Waals surface area contributed by atoms with Crippen LogP contribution in [0.2, 0.25) is 0 Å². The van der Waals surface area contributed by atoms with Gasteiger partial charge in [-0.15, -0.1) is 0 Å². The molecule has 1 atom stereocenters. The van der Waals surface area contributed by atoms with E-state index in [1.165, 1.54) is 16.4 Å². The average molecular weight is 423 g/mol. The zero-order valence-electron chi connectivity index (χ0n) is 17.3. The van der Waals surface area contributed by atoms with Crippen LogP contribution in [0.15, 0.2) is 30.3 Å². The first-order valence-electron chi connectivity index (χ1n) is 10.4. The van der Waals surface area contributed by atoms with Crippen LogP contribution in [0.5, 0.6) is 0 Å². The average Bonchev–Trinajstić information content (AvgIpc) is 3.17. The van der Waals surface area contributed by atoms with Gasteiger partial charge in [0.15, 0.2) is 0 Å². The van der Waals surface area contributed by atoms with E-state index in [9.17, 15) is 12.8 Å². The molecule has 0 unspecified atom stereocenters. The fourth-order valence-electron chi connectivity index (χ4n) is 3.79. The highest BCUT2D eigenvalue weighted by atomic mass is 32.2. The van der Waals surface area contributed by atoms with Gasteiger partial charge in [-0.2, -0.15) is 22.1 Å². The van der Waals surface area contributed by atoms with Crippen LogP contribution < -0.4 is 0 Å². The number of rotatable bonds is 9. The van der Waals surface area contributed by atoms with Crippen molar-refractivity contribution in [1.82, 2.24) is 18.8 Å². The Kier molecular flexibility index (Phi) is 7.43. The molecule has 1 aliphatic rings. The van der Waals surface area contributed by atoms with Gasteiger partial charge in [-0.05, 0) is 69.4 Å². The first-order chi connectivity index (χ1) is 13.9. The van der Waals surface area contributed by atoms with E-state index < -0.39 is 10.2 Å². The van der Waals surface area contributed by atoms with Crippen molar-refractivity contribution in [3.63, 3.8) is 0 Å². The molecule has 0 bridgehead atoms. The van der Waals surface area contributed by atoms with Crippen molar-refractivity contribution in [1.29, 1.82) is 0 Å². The van der Waals surface area contributed by atoms with Gasteiger partial charge in [0.2, 0.25) is 0 Å². The van der Waals surface area contributed by atoms with E-state index in [2.05, 4.69) is 10.2 Å². The van der Waals surface area contributed by atoms with Crippen LogP contribution in [-0.2, 0) is 16.6 Å². The Balaban J connectivity index is 1.41. The Hall–Kier alpha value is -1.77. The van der Waals surface area contributed by atoms with Gasteiger partial charge in [0, 0.05) is 37.4 Å². The normalized spacial score (nSPS) is 18.4. The fourth-order valence-corrected chi connectivity index (χ4v) is 5.43. The molecule has 0 saturated carbocycles. The van der Waals surface area contributed by atoms with E-state index in [4.69, 9.17) is 0 Å². The second kappa shape index (κ2) is 9.82. The number of aromatic amines is 1. The summed E-state index contributed by atoms with van der Waals surface area (Å²) in [5.74, 6) is -0.258. The Morgan fingerprint density at radius 1 is 1.21 bits per heavy atom. The first-order valence-corrected chi connectivity index (χ1v) is 11.8. The van der Waals surface area contributed by atoms with Gasteiger partial charge in [0.05, 0.1) is 5.69 Å². The third kappa shape index (κ3) is 5.65. The molecule has 29 heavy (non-hydrogen) atoms. The number of nitrogens with one attached hydrogen (secondary N) is 1. The molecule has 8 heteroatoms. The van der Waals surface area contributed by atoms with Gasteiger partial charge in [-0.3, -0.25) is 5.10 Å². The van der Waals surface area contributed by atoms with Gasteiger partial charge in [0.1, 0.15) is 5.82 Å². The van der Waals surface area contributed by atoms with Gasteiger partial charge in [0.25, 0.3) is 10.2 Å². The van der Waals surface area contributed by atoms with Crippen molar-refractivity contribution in [2.45, 2.75) is 57.9 Å². The van der Waals surface area contributed by atoms with E-state index in [1.807, 2.05) is 13.0 Å². The number of nitrogens with zero attached hydrogens (tertiary/aromatic N) is 3. The van der Waals surface area contributed by atoms with Crippen molar-refractivity contribution in [3.8, 4) is 11.3 Å². The van der Waals surface area contributed by atoms with Crippen molar-refractivity contribution < 1.29 is 12.8 Å². The van der Waals surface area contributed by atoms with Gasteiger partial charge in [-0.25, -0.2) is 4.39 Å². The molecule has 6 nitrogen and oxygen atoms in total. The second-order valence-electron chi connectivity index (χ2n) is 7.88. The lowest BCUT2D eigenvalue weighted by Crippen LogP contribution is -2.48. The molecule has 0 radical (unpaired) electrons. The number of unbranched alkanes of at least 4 members (excludes halogenated alkanes) is 2. The SMILES string of the molecule is C[C@@H]1CCCCN1S(=O)(=O)N(C)CCCCCc1cc(-c2ccc(F)cc2)n[nH]1. The number of hydrogen-bond donors (Lipinski definition) is 1. The number of aryl methyl sites for hydroxylation is 1. The van der Waals surface area contributed by atoms with E-state index in [0.717, 1.165) is 61.9 Å². The van der Waals surface area contributed by atoms with Crippen molar-refractivity contribution in [3.05, 3.63) is 41.8 Å². The molecule has 3 rings (SSSR count). The number of halogens is 1. The minimum atomic E-state index is -3.36. The van der Waals surface area contributed by atoms with Crippen LogP contribution in [0.3, 0.4) is 0 Å². The molecule has 0 amide bonds. The third-order valence-corrected chi connectivity index (χ3v) is 7.73. The zero-order valence-corrected chi connectivity index (χ0v) is 18.1. The molecule has 2 aromatic rings. The quantitative estimate of drug-likeness (QED) is 0.622. The number of H-pyrrole nitrogens is 1. The summed E-state index contributed by atoms with van der Waals surface area (Å²) in [5.41, 5.74) is 2.72. The molecule has 1 aliphatic heterocycles. The monoisotopic (exact) mass is 422 g/mol. The Bertz CT molecular complexity index is 882. The van der Waals surface area contributed by atoms with Gasteiger partial charge in [-0.1, -0.05) is 12.8 Å². The largest absolute Gasteiger partial charge is 0.282 e. The van der Waals surface area contributed by atoms with Crippen LogP contribution in [0.1, 0.15) is 51.1 Å². The predicted octanol–water partition coefficient (Wildman–Crippen LogP) is 3.98. The summed E-state index contributed by atoms with van der Waals surface area (Å²) in [4.78, 5) is 0. The van der Waals surface area contributed by atoms with Crippen molar-refractivity contribution in [2.75, 3.05) is 20.1 Å². The van der Waals surface area contributed by atoms with Crippen LogP contribution in [0, 0.1) is 5.82 Å². The van der Waals surface area contributed by atoms with E-state index >= 15 is 0 Å². The maximum Gasteiger partial charge on any atom is 0.281 e. The molecule has 1 N–H and O–H groups in total. The second-order valence-corrected chi connectivity index (χ2v) is 9.87. The molecular formula is C21H31FN4O2S. The topological polar surface area (TPSA) is 69.3 Å². The third-order valence-electron chi connectivity index (χ3n) is 5.62. The Labute approximate surface area is 173 Å². The maximum absolute atomic E-state index is 13.0. The molecular weight excluding hydrogens is 391 g/mol. The summed E-state index contributed by atoms with van der Waals surface area (Å²) >= 11 is 0. The van der Waals surface area contributed by atoms with E-state index in [1.54, 1.807) is 23.5 Å². The molecule has 0 aliphatic carbocycles. The van der Waals surface area contributed by atoms with Gasteiger partial charge >= 0.3 is 0 Å². The minimum absolute atomic E-state index is 0.0897. The first kappa shape index (κ1) is 21.9. The summed E-state index contributed by atoms with van der Waals surface area (Å²) in [7, 11) is -1.68. The molecule has 2 heterocycles. The molecule has 1 saturated heterocycles. The highest BCUT2D eigenvalue weighted by Gasteiger charge is 2.32. The van der Waals surface area contributed by atoms with Crippen molar-refractivity contribution >= 4 is 10.2 Å². The van der Waals surface area contributed by atoms with E-state index in [-0.39, 0.29) is 11.9 Å². The zero-order chi connectivity index (χ0) is 20.9. The Morgan fingerprint density at radius 2 is 1.97 bits per heavy atom. The number of hydrogen-bond acceptors (Lipinski definition) is 3. The van der Waals surface area contributed by atoms with Crippen LogP contribution >= 0.6 is 0 Å². The summed E-state index contributed by atoms with van der Waals surface area (Å²) in [5, 5.41) is 7.33.